The lowest BCUT2D eigenvalue weighted by Gasteiger charge is -2.36. The first kappa shape index (κ1) is 12.6. The number of amides is 1. The van der Waals surface area contributed by atoms with Crippen LogP contribution < -0.4 is 0 Å². The third kappa shape index (κ3) is 1.23. The zero-order valence-electron chi connectivity index (χ0n) is 12.1. The Balaban J connectivity index is 2.08. The van der Waals surface area contributed by atoms with Gasteiger partial charge in [0.05, 0.1) is 7.11 Å². The van der Waals surface area contributed by atoms with E-state index in [0.29, 0.717) is 18.3 Å². The summed E-state index contributed by atoms with van der Waals surface area (Å²) in [5, 5.41) is 5.73. The first-order chi connectivity index (χ1) is 8.78. The van der Waals surface area contributed by atoms with Crippen molar-refractivity contribution in [2.45, 2.75) is 39.7 Å². The van der Waals surface area contributed by atoms with Crippen molar-refractivity contribution >= 4 is 17.6 Å². The van der Waals surface area contributed by atoms with Crippen molar-refractivity contribution in [1.82, 2.24) is 5.01 Å². The second-order valence-electron chi connectivity index (χ2n) is 6.62. The van der Waals surface area contributed by atoms with Crippen LogP contribution in [-0.2, 0) is 14.3 Å². The first-order valence-corrected chi connectivity index (χ1v) is 6.72. The van der Waals surface area contributed by atoms with Crippen LogP contribution in [0.2, 0.25) is 0 Å². The van der Waals surface area contributed by atoms with Gasteiger partial charge >= 0.3 is 5.97 Å². The number of hydrogen-bond donors (Lipinski definition) is 0. The lowest BCUT2D eigenvalue weighted by Crippen LogP contribution is -2.56. The van der Waals surface area contributed by atoms with Gasteiger partial charge in [-0.05, 0) is 30.6 Å². The van der Waals surface area contributed by atoms with Crippen LogP contribution in [0.5, 0.6) is 0 Å². The molecule has 4 atom stereocenters. The van der Waals surface area contributed by atoms with Gasteiger partial charge in [0.2, 0.25) is 5.91 Å². The molecule has 1 aliphatic heterocycles. The van der Waals surface area contributed by atoms with E-state index in [-0.39, 0.29) is 23.2 Å². The summed E-state index contributed by atoms with van der Waals surface area (Å²) in [4.78, 5) is 24.2. The van der Waals surface area contributed by atoms with Crippen molar-refractivity contribution in [3.63, 3.8) is 0 Å². The quantitative estimate of drug-likeness (QED) is 0.673. The summed E-state index contributed by atoms with van der Waals surface area (Å²) in [5.41, 5.74) is 0.250. The number of carbonyl (C=O) groups is 2. The molecule has 1 amide bonds. The summed E-state index contributed by atoms with van der Waals surface area (Å²) in [5.74, 6) is 0.412. The SMILES string of the molecule is COC(=O)[C@]12C[C@@H]3[C@H]([C@@H]1C(C)=NN2C(C)=O)C3(C)C. The second-order valence-corrected chi connectivity index (χ2v) is 6.62. The van der Waals surface area contributed by atoms with Gasteiger partial charge in [0.15, 0.2) is 5.54 Å². The molecule has 2 saturated carbocycles. The van der Waals surface area contributed by atoms with E-state index in [1.54, 1.807) is 0 Å². The van der Waals surface area contributed by atoms with Crippen LogP contribution in [0.1, 0.15) is 34.1 Å². The molecular weight excluding hydrogens is 244 g/mol. The molecule has 5 heteroatoms. The minimum atomic E-state index is -0.879. The molecule has 3 aliphatic rings. The van der Waals surface area contributed by atoms with Crippen LogP contribution >= 0.6 is 0 Å². The van der Waals surface area contributed by atoms with E-state index in [4.69, 9.17) is 4.74 Å². The van der Waals surface area contributed by atoms with Gasteiger partial charge in [-0.15, -0.1) is 0 Å². The average molecular weight is 264 g/mol. The number of rotatable bonds is 1. The third-order valence-electron chi connectivity index (χ3n) is 5.47. The number of esters is 1. The number of hydrogen-bond acceptors (Lipinski definition) is 4. The smallest absolute Gasteiger partial charge is 0.334 e. The molecule has 0 spiro atoms. The maximum Gasteiger partial charge on any atom is 0.334 e. The maximum absolute atomic E-state index is 12.4. The highest BCUT2D eigenvalue weighted by atomic mass is 16.5. The van der Waals surface area contributed by atoms with E-state index in [2.05, 4.69) is 18.9 Å². The van der Waals surface area contributed by atoms with Crippen molar-refractivity contribution in [2.75, 3.05) is 7.11 Å². The molecule has 1 heterocycles. The number of nitrogens with zero attached hydrogens (tertiary/aromatic N) is 2. The Kier molecular flexibility index (Phi) is 2.25. The molecule has 0 radical (unpaired) electrons. The lowest BCUT2D eigenvalue weighted by molar-refractivity contribution is -0.162. The summed E-state index contributed by atoms with van der Waals surface area (Å²) >= 11 is 0. The number of methoxy groups -OCH3 is 1. The van der Waals surface area contributed by atoms with E-state index in [9.17, 15) is 9.59 Å². The highest BCUT2D eigenvalue weighted by Crippen LogP contribution is 2.74. The Morgan fingerprint density at radius 2 is 2.05 bits per heavy atom. The van der Waals surface area contributed by atoms with Crippen molar-refractivity contribution in [2.24, 2.45) is 28.3 Å². The molecular formula is C14H20N2O3. The van der Waals surface area contributed by atoms with E-state index >= 15 is 0 Å². The minimum absolute atomic E-state index is 0.0175. The van der Waals surface area contributed by atoms with Gasteiger partial charge in [-0.1, -0.05) is 13.8 Å². The van der Waals surface area contributed by atoms with E-state index in [1.807, 2.05) is 6.92 Å². The Morgan fingerprint density at radius 1 is 1.42 bits per heavy atom. The maximum atomic E-state index is 12.4. The predicted octanol–water partition coefficient (Wildman–Crippen LogP) is 1.43. The van der Waals surface area contributed by atoms with E-state index < -0.39 is 5.54 Å². The van der Waals surface area contributed by atoms with Crippen LogP contribution in [0.15, 0.2) is 5.10 Å². The molecule has 3 rings (SSSR count). The molecule has 0 saturated heterocycles. The summed E-state index contributed by atoms with van der Waals surface area (Å²) in [6.45, 7) is 7.83. The van der Waals surface area contributed by atoms with E-state index in [1.165, 1.54) is 19.0 Å². The Hall–Kier alpha value is -1.39. The fourth-order valence-electron chi connectivity index (χ4n) is 4.56. The molecule has 0 bridgehead atoms. The Labute approximate surface area is 113 Å². The number of carbonyl (C=O) groups excluding carboxylic acids is 2. The Morgan fingerprint density at radius 3 is 2.58 bits per heavy atom. The summed E-state index contributed by atoms with van der Waals surface area (Å²) in [6, 6.07) is 0. The fraction of sp³-hybridized carbons (Fsp3) is 0.786. The standard InChI is InChI=1S/C14H20N2O3/c1-7-10-11-9(13(11,3)4)6-14(10,12(18)19-5)16(15-7)8(2)17/h9-11H,6H2,1-5H3/t9-,10+,11-,14+/m1/s1. The van der Waals surface area contributed by atoms with Crippen LogP contribution in [-0.4, -0.2) is 35.2 Å². The number of fused-ring (bicyclic) bond motifs is 3. The molecule has 0 unspecified atom stereocenters. The molecule has 5 nitrogen and oxygen atoms in total. The van der Waals surface area contributed by atoms with Gasteiger partial charge in [-0.2, -0.15) is 5.10 Å². The van der Waals surface area contributed by atoms with Gasteiger partial charge in [-0.3, -0.25) is 4.79 Å². The predicted molar refractivity (Wildman–Crippen MR) is 69.2 cm³/mol. The summed E-state index contributed by atoms with van der Waals surface area (Å²) in [6.07, 6.45) is 0.669. The molecule has 2 fully saturated rings. The normalized spacial score (nSPS) is 41.4. The van der Waals surface area contributed by atoms with Gasteiger partial charge < -0.3 is 4.74 Å². The number of hydrazone groups is 1. The fourth-order valence-corrected chi connectivity index (χ4v) is 4.56. The van der Waals surface area contributed by atoms with Crippen LogP contribution in [0.3, 0.4) is 0 Å². The van der Waals surface area contributed by atoms with Crippen LogP contribution in [0, 0.1) is 23.2 Å². The molecule has 104 valence electrons. The largest absolute Gasteiger partial charge is 0.467 e. The molecule has 0 aromatic carbocycles. The Bertz CT molecular complexity index is 511. The van der Waals surface area contributed by atoms with Crippen molar-refractivity contribution in [1.29, 1.82) is 0 Å². The van der Waals surface area contributed by atoms with Gasteiger partial charge in [-0.25, -0.2) is 9.80 Å². The van der Waals surface area contributed by atoms with Crippen molar-refractivity contribution in [3.05, 3.63) is 0 Å². The molecule has 2 aliphatic carbocycles. The van der Waals surface area contributed by atoms with Crippen LogP contribution in [0.25, 0.3) is 0 Å². The highest BCUT2D eigenvalue weighted by molar-refractivity contribution is 6.01. The molecule has 0 aromatic heterocycles. The van der Waals surface area contributed by atoms with E-state index in [0.717, 1.165) is 5.71 Å². The second kappa shape index (κ2) is 3.38. The zero-order valence-corrected chi connectivity index (χ0v) is 12.1. The molecule has 0 aromatic rings. The zero-order chi connectivity index (χ0) is 14.2. The topological polar surface area (TPSA) is 59.0 Å². The monoisotopic (exact) mass is 264 g/mol. The molecule has 0 N–H and O–H groups in total. The van der Waals surface area contributed by atoms with Crippen LogP contribution in [0.4, 0.5) is 0 Å². The van der Waals surface area contributed by atoms with Crippen molar-refractivity contribution in [3.8, 4) is 0 Å². The average Bonchev–Trinajstić information content (AvgIpc) is 2.70. The van der Waals surface area contributed by atoms with Crippen molar-refractivity contribution < 1.29 is 14.3 Å². The summed E-state index contributed by atoms with van der Waals surface area (Å²) < 4.78 is 5.00. The van der Waals surface area contributed by atoms with Gasteiger partial charge in [0.1, 0.15) is 0 Å². The van der Waals surface area contributed by atoms with Gasteiger partial charge in [0.25, 0.3) is 0 Å². The lowest BCUT2D eigenvalue weighted by atomic mass is 9.76. The van der Waals surface area contributed by atoms with Gasteiger partial charge in [0, 0.05) is 18.6 Å². The minimum Gasteiger partial charge on any atom is -0.467 e. The number of ether oxygens (including phenoxy) is 1. The summed E-state index contributed by atoms with van der Waals surface area (Å²) in [7, 11) is 1.38. The highest BCUT2D eigenvalue weighted by Gasteiger charge is 2.78. The molecule has 19 heavy (non-hydrogen) atoms. The first-order valence-electron chi connectivity index (χ1n) is 6.72. The third-order valence-corrected chi connectivity index (χ3v) is 5.47.